The third-order valence-corrected chi connectivity index (χ3v) is 8.41. The molecule has 6 rings (SSSR count). The molecule has 1 aliphatic heterocycles. The summed E-state index contributed by atoms with van der Waals surface area (Å²) >= 11 is 1.60. The van der Waals surface area contributed by atoms with Gasteiger partial charge in [-0.15, -0.1) is 11.3 Å². The van der Waals surface area contributed by atoms with Gasteiger partial charge in [-0.25, -0.2) is 9.97 Å². The second kappa shape index (κ2) is 9.97. The third-order valence-electron chi connectivity index (χ3n) is 7.27. The lowest BCUT2D eigenvalue weighted by atomic mass is 10.0. The molecule has 198 valence electrons. The fourth-order valence-electron chi connectivity index (χ4n) is 5.24. The van der Waals surface area contributed by atoms with Crippen LogP contribution in [0.5, 0.6) is 5.75 Å². The van der Waals surface area contributed by atoms with E-state index in [1.54, 1.807) is 24.5 Å². The molecule has 11 heteroatoms. The molecule has 1 spiro atoms. The van der Waals surface area contributed by atoms with Crippen LogP contribution in [0.2, 0.25) is 0 Å². The van der Waals surface area contributed by atoms with Gasteiger partial charge in [0.15, 0.2) is 11.5 Å². The average molecular weight is 536 g/mol. The summed E-state index contributed by atoms with van der Waals surface area (Å²) in [6.07, 6.45) is 7.87. The Kier molecular flexibility index (Phi) is 6.50. The van der Waals surface area contributed by atoms with Gasteiger partial charge in [0.1, 0.15) is 10.8 Å². The quantitative estimate of drug-likeness (QED) is 0.386. The summed E-state index contributed by atoms with van der Waals surface area (Å²) in [6.45, 7) is 1.23. The van der Waals surface area contributed by atoms with Crippen LogP contribution >= 0.6 is 11.3 Å². The maximum Gasteiger partial charge on any atom is 0.252 e. The highest BCUT2D eigenvalue weighted by molar-refractivity contribution is 7.15. The monoisotopic (exact) mass is 535 g/mol. The Morgan fingerprint density at radius 1 is 1.13 bits per heavy atom. The van der Waals surface area contributed by atoms with Gasteiger partial charge in [0.05, 0.1) is 48.1 Å². The van der Waals surface area contributed by atoms with E-state index in [-0.39, 0.29) is 23.3 Å². The molecule has 0 unspecified atom stereocenters. The van der Waals surface area contributed by atoms with Crippen molar-refractivity contribution in [1.82, 2.24) is 9.97 Å². The Hall–Kier alpha value is -3.54. The summed E-state index contributed by atoms with van der Waals surface area (Å²) in [5.74, 6) is -0.197. The van der Waals surface area contributed by atoms with Gasteiger partial charge >= 0.3 is 0 Å². The molecule has 1 saturated heterocycles. The third kappa shape index (κ3) is 4.61. The first kappa shape index (κ1) is 24.8. The zero-order valence-electron chi connectivity index (χ0n) is 21.0. The number of amides is 2. The molecule has 3 fully saturated rings. The van der Waals surface area contributed by atoms with E-state index in [0.29, 0.717) is 36.2 Å². The van der Waals surface area contributed by atoms with Crippen LogP contribution in [0, 0.1) is 5.92 Å². The number of carbonyl (C=O) groups excluding carboxylic acids is 2. The van der Waals surface area contributed by atoms with Gasteiger partial charge in [-0.05, 0) is 37.8 Å². The fourth-order valence-corrected chi connectivity index (χ4v) is 6.39. The molecule has 0 bridgehead atoms. The number of primary amides is 1. The van der Waals surface area contributed by atoms with Gasteiger partial charge in [-0.3, -0.25) is 9.59 Å². The number of aromatic nitrogens is 2. The number of pyridine rings is 1. The number of benzene rings is 1. The lowest BCUT2D eigenvalue weighted by molar-refractivity contribution is -0.162. The Bertz CT molecular complexity index is 1380. The smallest absolute Gasteiger partial charge is 0.252 e. The zero-order chi connectivity index (χ0) is 26.3. The Labute approximate surface area is 223 Å². The predicted molar refractivity (Wildman–Crippen MR) is 143 cm³/mol. The Morgan fingerprint density at radius 2 is 1.95 bits per heavy atom. The van der Waals surface area contributed by atoms with Gasteiger partial charge in [0, 0.05) is 36.4 Å². The number of methoxy groups -OCH3 is 1. The molecule has 3 heterocycles. The van der Waals surface area contributed by atoms with Crippen LogP contribution in [-0.4, -0.2) is 47.9 Å². The van der Waals surface area contributed by atoms with Gasteiger partial charge in [0.2, 0.25) is 5.91 Å². The highest BCUT2D eigenvalue weighted by Gasteiger charge is 2.49. The second-order valence-corrected chi connectivity index (χ2v) is 10.8. The lowest BCUT2D eigenvalue weighted by Gasteiger charge is -2.27. The summed E-state index contributed by atoms with van der Waals surface area (Å²) in [4.78, 5) is 34.3. The molecule has 3 aliphatic rings. The molecule has 2 aromatic heterocycles. The topological polar surface area (TPSA) is 138 Å². The molecular weight excluding hydrogens is 506 g/mol. The number of nitrogens with one attached hydrogen (secondary N) is 2. The normalized spacial score (nSPS) is 20.0. The first-order valence-corrected chi connectivity index (χ1v) is 13.6. The first-order valence-electron chi connectivity index (χ1n) is 12.8. The number of anilines is 3. The lowest BCUT2D eigenvalue weighted by Crippen LogP contribution is -2.32. The standard InChI is InChI=1S/C27H29N5O5S/c1-35-23-16(21-14-30-26(38-21)18-5-3-9-27(18)36-10-11-37-27)4-2-6-19(23)31-20-12-22(29-13-17(20)24(28)33)32-25(34)15-7-8-15/h2,4,6,12-15,18H,3,5,7-11H2,1H3,(H2,28,33)(H2,29,31,32,34)/t18-/m0/s1. The summed E-state index contributed by atoms with van der Waals surface area (Å²) in [5.41, 5.74) is 7.73. The zero-order valence-corrected chi connectivity index (χ0v) is 21.8. The van der Waals surface area contributed by atoms with Crippen LogP contribution in [0.3, 0.4) is 0 Å². The molecule has 1 atom stereocenters. The van der Waals surface area contributed by atoms with Crippen molar-refractivity contribution in [3.63, 3.8) is 0 Å². The van der Waals surface area contributed by atoms with Crippen molar-refractivity contribution >= 4 is 40.3 Å². The number of nitrogens with two attached hydrogens (primary N) is 1. The maximum absolute atomic E-state index is 12.2. The van der Waals surface area contributed by atoms with Crippen molar-refractivity contribution in [2.24, 2.45) is 11.7 Å². The molecule has 2 aliphatic carbocycles. The number of nitrogens with zero attached hydrogens (tertiary/aromatic N) is 2. The molecule has 38 heavy (non-hydrogen) atoms. The van der Waals surface area contributed by atoms with Crippen LogP contribution in [0.1, 0.15) is 53.4 Å². The maximum atomic E-state index is 12.2. The van der Waals surface area contributed by atoms with Crippen molar-refractivity contribution in [3.05, 3.63) is 47.2 Å². The van der Waals surface area contributed by atoms with E-state index in [9.17, 15) is 9.59 Å². The largest absolute Gasteiger partial charge is 0.494 e. The average Bonchev–Trinajstić information content (AvgIpc) is 3.28. The van der Waals surface area contributed by atoms with E-state index < -0.39 is 11.7 Å². The molecule has 1 aromatic carbocycles. The number of ether oxygens (including phenoxy) is 3. The number of thiazole rings is 1. The van der Waals surface area contributed by atoms with Crippen molar-refractivity contribution in [2.45, 2.75) is 43.8 Å². The van der Waals surface area contributed by atoms with E-state index in [1.807, 2.05) is 24.4 Å². The summed E-state index contributed by atoms with van der Waals surface area (Å²) in [6, 6.07) is 7.33. The summed E-state index contributed by atoms with van der Waals surface area (Å²) in [7, 11) is 1.60. The van der Waals surface area contributed by atoms with Gasteiger partial charge in [-0.2, -0.15) is 0 Å². The first-order chi connectivity index (χ1) is 18.5. The number of para-hydroxylation sites is 1. The van der Waals surface area contributed by atoms with Crippen molar-refractivity contribution in [1.29, 1.82) is 0 Å². The minimum atomic E-state index is -0.635. The minimum absolute atomic E-state index is 0.0241. The number of rotatable bonds is 8. The number of hydrogen-bond donors (Lipinski definition) is 3. The van der Waals surface area contributed by atoms with E-state index in [2.05, 4.69) is 15.6 Å². The summed E-state index contributed by atoms with van der Waals surface area (Å²) in [5, 5.41) is 7.07. The van der Waals surface area contributed by atoms with E-state index >= 15 is 0 Å². The number of carbonyl (C=O) groups is 2. The molecule has 2 amide bonds. The predicted octanol–water partition coefficient (Wildman–Crippen LogP) is 4.42. The van der Waals surface area contributed by atoms with Gasteiger partial charge < -0.3 is 30.6 Å². The van der Waals surface area contributed by atoms with Crippen molar-refractivity contribution in [3.8, 4) is 16.2 Å². The van der Waals surface area contributed by atoms with Crippen LogP contribution in [0.25, 0.3) is 10.4 Å². The van der Waals surface area contributed by atoms with Crippen LogP contribution in [0.4, 0.5) is 17.2 Å². The SMILES string of the molecule is COc1c(Nc2cc(NC(=O)C3CC3)ncc2C(N)=O)cccc1-c1cnc([C@@H]2CCCC23OCCO3)s1. The molecule has 3 aromatic rings. The van der Waals surface area contributed by atoms with Crippen LogP contribution in [0.15, 0.2) is 36.7 Å². The molecule has 10 nitrogen and oxygen atoms in total. The van der Waals surface area contributed by atoms with E-state index in [1.165, 1.54) is 6.20 Å². The fraction of sp³-hybridized carbons (Fsp3) is 0.407. The van der Waals surface area contributed by atoms with Gasteiger partial charge in [-0.1, -0.05) is 6.07 Å². The van der Waals surface area contributed by atoms with Crippen LogP contribution in [-0.2, 0) is 14.3 Å². The van der Waals surface area contributed by atoms with Crippen molar-refractivity contribution in [2.75, 3.05) is 31.0 Å². The summed E-state index contributed by atoms with van der Waals surface area (Å²) < 4.78 is 17.9. The molecule has 0 radical (unpaired) electrons. The molecule has 4 N–H and O–H groups in total. The number of hydrogen-bond acceptors (Lipinski definition) is 9. The Morgan fingerprint density at radius 3 is 2.68 bits per heavy atom. The Balaban J connectivity index is 1.30. The molecular formula is C27H29N5O5S. The van der Waals surface area contributed by atoms with E-state index in [4.69, 9.17) is 24.9 Å². The highest BCUT2D eigenvalue weighted by atomic mass is 32.1. The minimum Gasteiger partial charge on any atom is -0.494 e. The van der Waals surface area contributed by atoms with Gasteiger partial charge in [0.25, 0.3) is 5.91 Å². The molecule has 2 saturated carbocycles. The van der Waals surface area contributed by atoms with Crippen LogP contribution < -0.4 is 21.1 Å². The second-order valence-electron chi connectivity index (χ2n) is 9.77. The van der Waals surface area contributed by atoms with E-state index in [0.717, 1.165) is 47.6 Å². The van der Waals surface area contributed by atoms with Crippen molar-refractivity contribution < 1.29 is 23.8 Å². The highest BCUT2D eigenvalue weighted by Crippen LogP contribution is 2.50.